The Bertz CT molecular complexity index is 609. The minimum atomic E-state index is 0.778. The van der Waals surface area contributed by atoms with Gasteiger partial charge in [-0.15, -0.1) is 0 Å². The molecule has 19 heavy (non-hydrogen) atoms. The van der Waals surface area contributed by atoms with Crippen LogP contribution in [0.2, 0.25) is 5.02 Å². The van der Waals surface area contributed by atoms with Crippen LogP contribution in [0.5, 0.6) is 0 Å². The van der Waals surface area contributed by atoms with Crippen molar-refractivity contribution in [2.45, 2.75) is 27.7 Å². The first kappa shape index (κ1) is 15.3. The second-order valence-electron chi connectivity index (χ2n) is 4.68. The third kappa shape index (κ3) is 4.77. The molecular formula is C17H18ClN. The van der Waals surface area contributed by atoms with Gasteiger partial charge >= 0.3 is 0 Å². The van der Waals surface area contributed by atoms with Gasteiger partial charge in [0.15, 0.2) is 0 Å². The number of hydrogen-bond donors (Lipinski definition) is 0. The zero-order valence-corrected chi connectivity index (χ0v) is 12.5. The fourth-order valence-corrected chi connectivity index (χ4v) is 1.79. The average molecular weight is 272 g/mol. The maximum atomic E-state index is 8.59. The van der Waals surface area contributed by atoms with Crippen molar-refractivity contribution in [3.63, 3.8) is 0 Å². The Balaban J connectivity index is 0.000000191. The van der Waals surface area contributed by atoms with Gasteiger partial charge in [-0.05, 0) is 62.1 Å². The molecule has 98 valence electrons. The van der Waals surface area contributed by atoms with E-state index in [1.54, 1.807) is 0 Å². The van der Waals surface area contributed by atoms with Crippen molar-refractivity contribution < 1.29 is 0 Å². The number of aryl methyl sites for hydroxylation is 4. The van der Waals surface area contributed by atoms with Gasteiger partial charge in [0.05, 0.1) is 11.6 Å². The molecule has 0 bridgehead atoms. The summed E-state index contributed by atoms with van der Waals surface area (Å²) in [6, 6.07) is 14.1. The van der Waals surface area contributed by atoms with Crippen LogP contribution in [0.15, 0.2) is 36.4 Å². The first-order chi connectivity index (χ1) is 8.93. The molecule has 0 heterocycles. The van der Waals surface area contributed by atoms with Crippen molar-refractivity contribution in [1.29, 1.82) is 5.26 Å². The normalized spacial score (nSPS) is 9.26. The molecule has 0 spiro atoms. The largest absolute Gasteiger partial charge is 0.192 e. The van der Waals surface area contributed by atoms with E-state index in [1.807, 2.05) is 58.0 Å². The quantitative estimate of drug-likeness (QED) is 0.651. The predicted octanol–water partition coefficient (Wildman–Crippen LogP) is 5.13. The number of nitriles is 1. The predicted molar refractivity (Wildman–Crippen MR) is 81.6 cm³/mol. The first-order valence-corrected chi connectivity index (χ1v) is 6.52. The van der Waals surface area contributed by atoms with Crippen LogP contribution in [0, 0.1) is 39.0 Å². The Kier molecular flexibility index (Phi) is 5.60. The highest BCUT2D eigenvalue weighted by atomic mass is 35.5. The molecule has 0 aliphatic rings. The van der Waals surface area contributed by atoms with Crippen LogP contribution in [0.3, 0.4) is 0 Å². The van der Waals surface area contributed by atoms with E-state index < -0.39 is 0 Å². The number of rotatable bonds is 0. The molecule has 2 heteroatoms. The molecule has 0 aliphatic carbocycles. The van der Waals surface area contributed by atoms with Gasteiger partial charge in [-0.2, -0.15) is 5.26 Å². The van der Waals surface area contributed by atoms with E-state index >= 15 is 0 Å². The van der Waals surface area contributed by atoms with Crippen molar-refractivity contribution in [1.82, 2.24) is 0 Å². The molecule has 0 atom stereocenters. The van der Waals surface area contributed by atoms with Gasteiger partial charge in [0, 0.05) is 5.02 Å². The maximum absolute atomic E-state index is 8.59. The molecule has 0 unspecified atom stereocenters. The van der Waals surface area contributed by atoms with Crippen LogP contribution in [-0.2, 0) is 0 Å². The number of hydrogen-bond acceptors (Lipinski definition) is 1. The van der Waals surface area contributed by atoms with Crippen LogP contribution in [0.25, 0.3) is 0 Å². The highest BCUT2D eigenvalue weighted by Crippen LogP contribution is 2.15. The smallest absolute Gasteiger partial charge is 0.0994 e. The second kappa shape index (κ2) is 6.97. The van der Waals surface area contributed by atoms with Crippen molar-refractivity contribution in [2.24, 2.45) is 0 Å². The van der Waals surface area contributed by atoms with E-state index in [4.69, 9.17) is 16.9 Å². The van der Waals surface area contributed by atoms with Gasteiger partial charge in [-0.1, -0.05) is 35.9 Å². The number of halogens is 1. The van der Waals surface area contributed by atoms with Crippen molar-refractivity contribution in [2.75, 3.05) is 0 Å². The molecule has 0 fully saturated rings. The highest BCUT2D eigenvalue weighted by molar-refractivity contribution is 6.31. The Hall–Kier alpha value is -1.78. The molecule has 2 rings (SSSR count). The van der Waals surface area contributed by atoms with Gasteiger partial charge in [-0.3, -0.25) is 0 Å². The summed E-state index contributed by atoms with van der Waals surface area (Å²) in [5.74, 6) is 0. The van der Waals surface area contributed by atoms with E-state index in [1.165, 1.54) is 5.56 Å². The van der Waals surface area contributed by atoms with E-state index in [-0.39, 0.29) is 0 Å². The maximum Gasteiger partial charge on any atom is 0.0994 e. The SMILES string of the molecule is Cc1ccc(C)c(C#N)c1.Cc1ccc(C)c(Cl)c1. The van der Waals surface area contributed by atoms with E-state index in [9.17, 15) is 0 Å². The third-order valence-corrected chi connectivity index (χ3v) is 3.25. The van der Waals surface area contributed by atoms with Crippen LogP contribution in [0.4, 0.5) is 0 Å². The summed E-state index contributed by atoms with van der Waals surface area (Å²) in [7, 11) is 0. The summed E-state index contributed by atoms with van der Waals surface area (Å²) in [4.78, 5) is 0. The lowest BCUT2D eigenvalue weighted by molar-refractivity contribution is 1.35. The lowest BCUT2D eigenvalue weighted by Crippen LogP contribution is -1.81. The lowest BCUT2D eigenvalue weighted by Gasteiger charge is -1.96. The fraction of sp³-hybridized carbons (Fsp3) is 0.235. The van der Waals surface area contributed by atoms with Crippen molar-refractivity contribution in [3.8, 4) is 6.07 Å². The molecule has 2 aromatic carbocycles. The molecule has 0 N–H and O–H groups in total. The summed E-state index contributed by atoms with van der Waals surface area (Å²) in [5, 5.41) is 9.45. The molecule has 0 aromatic heterocycles. The Labute approximate surface area is 120 Å². The summed E-state index contributed by atoms with van der Waals surface area (Å²) >= 11 is 5.81. The zero-order chi connectivity index (χ0) is 14.4. The van der Waals surface area contributed by atoms with E-state index in [0.29, 0.717) is 0 Å². The van der Waals surface area contributed by atoms with Crippen LogP contribution in [-0.4, -0.2) is 0 Å². The minimum Gasteiger partial charge on any atom is -0.192 e. The molecule has 2 aromatic rings. The standard InChI is InChI=1S/C9H9N.C8H9Cl/c1-7-3-4-8(2)9(5-7)6-10;1-6-3-4-7(2)8(9)5-6/h3-5H,1-2H3;3-5H,1-2H3. The van der Waals surface area contributed by atoms with E-state index in [2.05, 4.69) is 12.1 Å². The minimum absolute atomic E-state index is 0.778. The molecule has 0 radical (unpaired) electrons. The lowest BCUT2D eigenvalue weighted by atomic mass is 10.1. The van der Waals surface area contributed by atoms with Crippen LogP contribution >= 0.6 is 11.6 Å². The van der Waals surface area contributed by atoms with Gasteiger partial charge in [0.2, 0.25) is 0 Å². The van der Waals surface area contributed by atoms with Crippen molar-refractivity contribution in [3.05, 3.63) is 69.2 Å². The summed E-state index contributed by atoms with van der Waals surface area (Å²) in [6.07, 6.45) is 0. The Morgan fingerprint density at radius 2 is 1.37 bits per heavy atom. The van der Waals surface area contributed by atoms with E-state index in [0.717, 1.165) is 27.3 Å². The van der Waals surface area contributed by atoms with Crippen LogP contribution < -0.4 is 0 Å². The highest BCUT2D eigenvalue weighted by Gasteiger charge is 1.94. The average Bonchev–Trinajstić information content (AvgIpc) is 2.38. The van der Waals surface area contributed by atoms with Gasteiger partial charge < -0.3 is 0 Å². The summed E-state index contributed by atoms with van der Waals surface area (Å²) < 4.78 is 0. The first-order valence-electron chi connectivity index (χ1n) is 6.14. The third-order valence-electron chi connectivity index (χ3n) is 2.84. The summed E-state index contributed by atoms with van der Waals surface area (Å²) in [6.45, 7) is 7.96. The molecule has 1 nitrogen and oxygen atoms in total. The summed E-state index contributed by atoms with van der Waals surface area (Å²) in [5.41, 5.74) is 5.32. The molecule has 0 saturated carbocycles. The van der Waals surface area contributed by atoms with Crippen LogP contribution in [0.1, 0.15) is 27.8 Å². The number of benzene rings is 2. The van der Waals surface area contributed by atoms with Gasteiger partial charge in [-0.25, -0.2) is 0 Å². The zero-order valence-electron chi connectivity index (χ0n) is 11.8. The second-order valence-corrected chi connectivity index (χ2v) is 5.09. The Morgan fingerprint density at radius 1 is 0.842 bits per heavy atom. The molecular weight excluding hydrogens is 254 g/mol. The molecule has 0 saturated heterocycles. The monoisotopic (exact) mass is 271 g/mol. The molecule has 0 amide bonds. The Morgan fingerprint density at radius 3 is 1.79 bits per heavy atom. The van der Waals surface area contributed by atoms with Gasteiger partial charge in [0.1, 0.15) is 0 Å². The molecule has 0 aliphatic heterocycles. The van der Waals surface area contributed by atoms with Crippen molar-refractivity contribution >= 4 is 11.6 Å². The number of nitrogens with zero attached hydrogens (tertiary/aromatic N) is 1. The topological polar surface area (TPSA) is 23.8 Å². The van der Waals surface area contributed by atoms with Gasteiger partial charge in [0.25, 0.3) is 0 Å². The fourth-order valence-electron chi connectivity index (χ4n) is 1.55.